The quantitative estimate of drug-likeness (QED) is 0.224. The molecule has 0 saturated carbocycles. The fourth-order valence-electron chi connectivity index (χ4n) is 1.14. The zero-order valence-electron chi connectivity index (χ0n) is 8.79. The van der Waals surface area contributed by atoms with Gasteiger partial charge in [0.1, 0.15) is 0 Å². The van der Waals surface area contributed by atoms with Gasteiger partial charge in [0.2, 0.25) is 11.8 Å². The molecule has 15 heavy (non-hydrogen) atoms. The minimum absolute atomic E-state index is 0.150. The van der Waals surface area contributed by atoms with E-state index in [1.54, 1.807) is 0 Å². The zero-order valence-corrected chi connectivity index (χ0v) is 8.79. The molecule has 0 aromatic carbocycles. The summed E-state index contributed by atoms with van der Waals surface area (Å²) in [5.74, 6) is -2.94. The summed E-state index contributed by atoms with van der Waals surface area (Å²) in [6.07, 6.45) is 1.91. The van der Waals surface area contributed by atoms with Crippen molar-refractivity contribution in [3.8, 4) is 0 Å². The predicted octanol–water partition coefficient (Wildman–Crippen LogP) is -2.59. The van der Waals surface area contributed by atoms with Crippen LogP contribution in [0.5, 0.6) is 0 Å². The number of aliphatic imine (C=N–C) groups is 1. The first kappa shape index (κ1) is 12.1. The summed E-state index contributed by atoms with van der Waals surface area (Å²) < 4.78 is 5.27. The van der Waals surface area contributed by atoms with Gasteiger partial charge in [-0.2, -0.15) is 4.99 Å². The summed E-state index contributed by atoms with van der Waals surface area (Å²) in [6, 6.07) is 0.150. The number of nitrogens with one attached hydrogen (secondary N) is 2. The lowest BCUT2D eigenvalue weighted by Gasteiger charge is -2.38. The van der Waals surface area contributed by atoms with Crippen LogP contribution in [-0.2, 0) is 4.74 Å². The van der Waals surface area contributed by atoms with Gasteiger partial charge in [0.25, 0.3) is 6.02 Å². The monoisotopic (exact) mass is 217 g/mol. The predicted molar refractivity (Wildman–Crippen MR) is 56.8 cm³/mol. The van der Waals surface area contributed by atoms with Crippen LogP contribution in [0.4, 0.5) is 0 Å². The van der Waals surface area contributed by atoms with Gasteiger partial charge in [0.15, 0.2) is 0 Å². The molecule has 0 saturated heterocycles. The van der Waals surface area contributed by atoms with Crippen LogP contribution in [0.15, 0.2) is 4.99 Å². The Labute approximate surface area is 88.4 Å². The molecular weight excluding hydrogens is 198 g/mol. The third kappa shape index (κ3) is 3.98. The van der Waals surface area contributed by atoms with Crippen LogP contribution in [-0.4, -0.2) is 24.5 Å². The number of ether oxygens (including phenoxy) is 1. The summed E-state index contributed by atoms with van der Waals surface area (Å²) in [5, 5.41) is 5.10. The highest BCUT2D eigenvalue weighted by molar-refractivity contribution is 5.75. The summed E-state index contributed by atoms with van der Waals surface area (Å²) in [5.41, 5.74) is 22.3. The van der Waals surface area contributed by atoms with Crippen molar-refractivity contribution in [3.05, 3.63) is 0 Å². The zero-order chi connectivity index (χ0) is 11.5. The third-order valence-electron chi connectivity index (χ3n) is 1.74. The maximum Gasteiger partial charge on any atom is 0.292 e. The molecule has 0 bridgehead atoms. The molecule has 1 heterocycles. The first-order valence-corrected chi connectivity index (χ1v) is 4.80. The fourth-order valence-corrected chi connectivity index (χ4v) is 1.14. The van der Waals surface area contributed by atoms with Crippen molar-refractivity contribution in [2.45, 2.75) is 31.6 Å². The second kappa shape index (κ2) is 4.29. The molecule has 0 radical (unpaired) electrons. The molecule has 1 aliphatic rings. The highest BCUT2D eigenvalue weighted by Crippen LogP contribution is 2.01. The Morgan fingerprint density at radius 3 is 2.53 bits per heavy atom. The van der Waals surface area contributed by atoms with Crippen LogP contribution in [0.2, 0.25) is 0 Å². The first-order chi connectivity index (χ1) is 6.85. The molecule has 8 nitrogen and oxygen atoms in total. The molecule has 8 heteroatoms. The van der Waals surface area contributed by atoms with Gasteiger partial charge in [-0.25, -0.2) is 5.32 Å². The van der Waals surface area contributed by atoms with Gasteiger partial charge < -0.3 is 4.74 Å². The van der Waals surface area contributed by atoms with E-state index >= 15 is 0 Å². The molecule has 10 N–H and O–H groups in total. The number of nitrogens with two attached hydrogens (primary N) is 4. The molecule has 88 valence electrons. The normalized spacial score (nSPS) is 22.9. The third-order valence-corrected chi connectivity index (χ3v) is 1.74. The summed E-state index contributed by atoms with van der Waals surface area (Å²) in [6.45, 7) is 2.56. The lowest BCUT2D eigenvalue weighted by atomic mass is 10.4. The van der Waals surface area contributed by atoms with Crippen molar-refractivity contribution in [2.75, 3.05) is 6.61 Å². The smallest absolute Gasteiger partial charge is 0.292 e. The minimum Gasteiger partial charge on any atom is -0.465 e. The topological polar surface area (TPSA) is 150 Å². The molecule has 0 amide bonds. The highest BCUT2D eigenvalue weighted by atomic mass is 16.5. The van der Waals surface area contributed by atoms with Crippen molar-refractivity contribution in [1.29, 1.82) is 0 Å². The van der Waals surface area contributed by atoms with E-state index in [1.807, 2.05) is 6.92 Å². The summed E-state index contributed by atoms with van der Waals surface area (Å²) in [4.78, 5) is 3.85. The van der Waals surface area contributed by atoms with Crippen LogP contribution in [0.1, 0.15) is 19.8 Å². The van der Waals surface area contributed by atoms with Gasteiger partial charge >= 0.3 is 0 Å². The van der Waals surface area contributed by atoms with Gasteiger partial charge in [-0.3, -0.25) is 28.3 Å². The molecule has 1 aliphatic heterocycles. The Morgan fingerprint density at radius 2 is 2.00 bits per heavy atom. The van der Waals surface area contributed by atoms with Crippen LogP contribution in [0, 0.1) is 0 Å². The number of hydrogen-bond donors (Lipinski definition) is 6. The second-order valence-electron chi connectivity index (χ2n) is 3.56. The number of amidine groups is 1. The average Bonchev–Trinajstić information content (AvgIpc) is 1.98. The molecule has 1 rings (SSSR count). The van der Waals surface area contributed by atoms with E-state index in [2.05, 4.69) is 15.6 Å². The lowest BCUT2D eigenvalue weighted by Crippen LogP contribution is -2.83. The van der Waals surface area contributed by atoms with Crippen LogP contribution >= 0.6 is 0 Å². The van der Waals surface area contributed by atoms with Crippen molar-refractivity contribution in [1.82, 2.24) is 10.6 Å². The standard InChI is InChI=1S/C7H19N7O/c1-2-3-4-15-5-12-6(8,9)14-7(10,11)13-5/h14H,2-4,8-11H2,1H3,(H,12,13). The van der Waals surface area contributed by atoms with E-state index < -0.39 is 11.8 Å². The van der Waals surface area contributed by atoms with Crippen molar-refractivity contribution in [2.24, 2.45) is 27.9 Å². The molecule has 0 aromatic rings. The van der Waals surface area contributed by atoms with Crippen molar-refractivity contribution >= 4 is 6.02 Å². The van der Waals surface area contributed by atoms with E-state index in [1.165, 1.54) is 0 Å². The fraction of sp³-hybridized carbons (Fsp3) is 0.857. The Bertz CT molecular complexity index is 250. The highest BCUT2D eigenvalue weighted by Gasteiger charge is 2.36. The maximum atomic E-state index is 5.58. The Kier molecular flexibility index (Phi) is 3.47. The van der Waals surface area contributed by atoms with E-state index in [4.69, 9.17) is 27.7 Å². The molecule has 0 aromatic heterocycles. The molecule has 0 unspecified atom stereocenters. The van der Waals surface area contributed by atoms with Crippen molar-refractivity contribution in [3.63, 3.8) is 0 Å². The summed E-state index contributed by atoms with van der Waals surface area (Å²) >= 11 is 0. The van der Waals surface area contributed by atoms with E-state index in [0.29, 0.717) is 6.61 Å². The molecule has 0 fully saturated rings. The van der Waals surface area contributed by atoms with Crippen LogP contribution in [0.25, 0.3) is 0 Å². The molecule has 0 spiro atoms. The van der Waals surface area contributed by atoms with E-state index in [0.717, 1.165) is 12.8 Å². The Morgan fingerprint density at radius 1 is 1.33 bits per heavy atom. The first-order valence-electron chi connectivity index (χ1n) is 4.80. The largest absolute Gasteiger partial charge is 0.465 e. The number of rotatable bonds is 3. The van der Waals surface area contributed by atoms with Gasteiger partial charge in [0, 0.05) is 0 Å². The van der Waals surface area contributed by atoms with Crippen LogP contribution in [0.3, 0.4) is 0 Å². The Balaban J connectivity index is 2.59. The number of nitrogens with zero attached hydrogens (tertiary/aromatic N) is 1. The summed E-state index contributed by atoms with van der Waals surface area (Å²) in [7, 11) is 0. The van der Waals surface area contributed by atoms with E-state index in [9.17, 15) is 0 Å². The van der Waals surface area contributed by atoms with Gasteiger partial charge in [-0.05, 0) is 6.42 Å². The molecule has 0 aliphatic carbocycles. The van der Waals surface area contributed by atoms with Gasteiger partial charge in [0.05, 0.1) is 6.61 Å². The van der Waals surface area contributed by atoms with Gasteiger partial charge in [-0.1, -0.05) is 13.3 Å². The lowest BCUT2D eigenvalue weighted by molar-refractivity contribution is 0.154. The Hall–Kier alpha value is -0.930. The van der Waals surface area contributed by atoms with Crippen molar-refractivity contribution < 1.29 is 4.74 Å². The van der Waals surface area contributed by atoms with Gasteiger partial charge in [-0.15, -0.1) is 0 Å². The maximum absolute atomic E-state index is 5.58. The SMILES string of the molecule is CCCCOC1=NC(N)(N)NC(N)(N)N1. The second-order valence-corrected chi connectivity index (χ2v) is 3.56. The average molecular weight is 217 g/mol. The van der Waals surface area contributed by atoms with Crippen LogP contribution < -0.4 is 33.6 Å². The molecule has 0 atom stereocenters. The molecular formula is C7H19N7O. The van der Waals surface area contributed by atoms with E-state index in [-0.39, 0.29) is 6.02 Å². The minimum atomic E-state index is -1.52. The number of unbranched alkanes of at least 4 members (excludes halogenated alkanes) is 1. The number of hydrogen-bond acceptors (Lipinski definition) is 8.